The molecular weight excluding hydrogens is 275 g/mol. The second kappa shape index (κ2) is 6.92. The highest BCUT2D eigenvalue weighted by atomic mass is 35.5. The van der Waals surface area contributed by atoms with E-state index in [2.05, 4.69) is 10.3 Å². The maximum absolute atomic E-state index is 11.8. The molecule has 4 nitrogen and oxygen atoms in total. The molecule has 0 aliphatic rings. The lowest BCUT2D eigenvalue weighted by Crippen LogP contribution is -2.35. The molecule has 0 aliphatic carbocycles. The van der Waals surface area contributed by atoms with Crippen molar-refractivity contribution in [3.8, 4) is 0 Å². The van der Waals surface area contributed by atoms with Crippen molar-refractivity contribution in [2.24, 2.45) is 5.92 Å². The summed E-state index contributed by atoms with van der Waals surface area (Å²) in [5, 5.41) is 12.7. The number of aliphatic hydroxyl groups excluding tert-OH is 1. The van der Waals surface area contributed by atoms with Crippen LogP contribution in [0.25, 0.3) is 0 Å². The second-order valence-corrected chi connectivity index (χ2v) is 4.94. The van der Waals surface area contributed by atoms with E-state index >= 15 is 0 Å². The van der Waals surface area contributed by atoms with E-state index in [-0.39, 0.29) is 28.7 Å². The van der Waals surface area contributed by atoms with E-state index in [4.69, 9.17) is 23.2 Å². The van der Waals surface area contributed by atoms with Crippen LogP contribution < -0.4 is 5.32 Å². The molecule has 2 unspecified atom stereocenters. The number of pyridine rings is 1. The molecule has 1 rings (SSSR count). The molecule has 0 saturated carbocycles. The normalized spacial score (nSPS) is 14.1. The minimum absolute atomic E-state index is 0.134. The fourth-order valence-electron chi connectivity index (χ4n) is 1.37. The first-order chi connectivity index (χ1) is 8.43. The van der Waals surface area contributed by atoms with E-state index in [0.717, 1.165) is 6.42 Å². The van der Waals surface area contributed by atoms with Crippen LogP contribution >= 0.6 is 23.2 Å². The first kappa shape index (κ1) is 15.2. The summed E-state index contributed by atoms with van der Waals surface area (Å²) in [6.45, 7) is 4.11. The molecule has 18 heavy (non-hydrogen) atoms. The van der Waals surface area contributed by atoms with Crippen molar-refractivity contribution >= 4 is 29.1 Å². The zero-order valence-corrected chi connectivity index (χ0v) is 11.8. The highest BCUT2D eigenvalue weighted by Gasteiger charge is 2.14. The van der Waals surface area contributed by atoms with E-state index in [9.17, 15) is 9.90 Å². The average Bonchev–Trinajstić information content (AvgIpc) is 2.33. The van der Waals surface area contributed by atoms with Crippen LogP contribution in [-0.2, 0) is 0 Å². The highest BCUT2D eigenvalue weighted by Crippen LogP contribution is 2.14. The minimum Gasteiger partial charge on any atom is -0.391 e. The Morgan fingerprint density at radius 3 is 2.50 bits per heavy atom. The maximum Gasteiger partial charge on any atom is 0.251 e. The molecule has 0 aliphatic heterocycles. The van der Waals surface area contributed by atoms with Crippen LogP contribution in [0.5, 0.6) is 0 Å². The Hall–Kier alpha value is -0.840. The zero-order valence-electron chi connectivity index (χ0n) is 10.3. The van der Waals surface area contributed by atoms with Crippen molar-refractivity contribution in [3.63, 3.8) is 0 Å². The summed E-state index contributed by atoms with van der Waals surface area (Å²) >= 11 is 11.4. The Kier molecular flexibility index (Phi) is 5.85. The van der Waals surface area contributed by atoms with Gasteiger partial charge in [0.2, 0.25) is 0 Å². The monoisotopic (exact) mass is 290 g/mol. The topological polar surface area (TPSA) is 62.2 Å². The lowest BCUT2D eigenvalue weighted by atomic mass is 10.0. The molecule has 1 aromatic heterocycles. The van der Waals surface area contributed by atoms with Crippen LogP contribution in [-0.4, -0.2) is 28.6 Å². The van der Waals surface area contributed by atoms with Crippen LogP contribution in [0.1, 0.15) is 30.6 Å². The van der Waals surface area contributed by atoms with E-state index in [1.165, 1.54) is 12.1 Å². The van der Waals surface area contributed by atoms with Gasteiger partial charge in [-0.1, -0.05) is 43.5 Å². The van der Waals surface area contributed by atoms with Crippen LogP contribution in [0, 0.1) is 5.92 Å². The smallest absolute Gasteiger partial charge is 0.251 e. The van der Waals surface area contributed by atoms with Gasteiger partial charge in [-0.2, -0.15) is 0 Å². The molecule has 0 radical (unpaired) electrons. The van der Waals surface area contributed by atoms with E-state index in [1.807, 2.05) is 13.8 Å². The molecule has 1 heterocycles. The molecule has 2 N–H and O–H groups in total. The molecule has 6 heteroatoms. The SMILES string of the molecule is CCC(C)C(O)CNC(=O)c1cc(Cl)nc(Cl)c1. The van der Waals surface area contributed by atoms with Gasteiger partial charge in [0.05, 0.1) is 6.10 Å². The number of amides is 1. The number of hydrogen-bond donors (Lipinski definition) is 2. The third-order valence-electron chi connectivity index (χ3n) is 2.80. The number of aliphatic hydroxyl groups is 1. The molecular formula is C12H16Cl2N2O2. The summed E-state index contributed by atoms with van der Waals surface area (Å²) in [7, 11) is 0. The molecule has 0 fully saturated rings. The number of rotatable bonds is 5. The van der Waals surface area contributed by atoms with Crippen molar-refractivity contribution in [2.45, 2.75) is 26.4 Å². The Labute approximate surface area is 116 Å². The van der Waals surface area contributed by atoms with Gasteiger partial charge in [0.25, 0.3) is 5.91 Å². The van der Waals surface area contributed by atoms with Gasteiger partial charge in [0, 0.05) is 12.1 Å². The van der Waals surface area contributed by atoms with Crippen LogP contribution in [0.2, 0.25) is 10.3 Å². The Bertz CT molecular complexity index is 406. The van der Waals surface area contributed by atoms with E-state index < -0.39 is 6.10 Å². The molecule has 2 atom stereocenters. The van der Waals surface area contributed by atoms with Crippen molar-refractivity contribution in [1.82, 2.24) is 10.3 Å². The summed E-state index contributed by atoms with van der Waals surface area (Å²) in [5.74, 6) is -0.196. The molecule has 1 aromatic rings. The van der Waals surface area contributed by atoms with Gasteiger partial charge in [-0.3, -0.25) is 4.79 Å². The number of carbonyl (C=O) groups is 1. The first-order valence-corrected chi connectivity index (χ1v) is 6.49. The molecule has 0 spiro atoms. The van der Waals surface area contributed by atoms with Crippen molar-refractivity contribution in [1.29, 1.82) is 0 Å². The lowest BCUT2D eigenvalue weighted by Gasteiger charge is -2.17. The average molecular weight is 291 g/mol. The summed E-state index contributed by atoms with van der Waals surface area (Å²) in [6, 6.07) is 2.86. The number of nitrogens with one attached hydrogen (secondary N) is 1. The van der Waals surface area contributed by atoms with Crippen molar-refractivity contribution in [3.05, 3.63) is 28.0 Å². The number of halogens is 2. The third kappa shape index (κ3) is 4.44. The predicted molar refractivity (Wildman–Crippen MR) is 72.1 cm³/mol. The summed E-state index contributed by atoms with van der Waals surface area (Å²) < 4.78 is 0. The molecule has 0 saturated heterocycles. The largest absolute Gasteiger partial charge is 0.391 e. The van der Waals surface area contributed by atoms with Crippen LogP contribution in [0.3, 0.4) is 0 Å². The second-order valence-electron chi connectivity index (χ2n) is 4.16. The van der Waals surface area contributed by atoms with Gasteiger partial charge in [-0.25, -0.2) is 4.98 Å². The Morgan fingerprint density at radius 2 is 2.00 bits per heavy atom. The molecule has 100 valence electrons. The molecule has 1 amide bonds. The van der Waals surface area contributed by atoms with Crippen molar-refractivity contribution < 1.29 is 9.90 Å². The minimum atomic E-state index is -0.563. The number of carbonyl (C=O) groups excluding carboxylic acids is 1. The third-order valence-corrected chi connectivity index (χ3v) is 3.18. The fourth-order valence-corrected chi connectivity index (χ4v) is 1.83. The Balaban J connectivity index is 2.60. The maximum atomic E-state index is 11.8. The lowest BCUT2D eigenvalue weighted by molar-refractivity contribution is 0.0850. The molecule has 0 aromatic carbocycles. The van der Waals surface area contributed by atoms with Gasteiger partial charge in [-0.05, 0) is 18.1 Å². The summed E-state index contributed by atoms with van der Waals surface area (Å²) in [5.41, 5.74) is 0.330. The number of hydrogen-bond acceptors (Lipinski definition) is 3. The van der Waals surface area contributed by atoms with Gasteiger partial charge in [0.1, 0.15) is 10.3 Å². The van der Waals surface area contributed by atoms with Gasteiger partial charge >= 0.3 is 0 Å². The summed E-state index contributed by atoms with van der Waals surface area (Å²) in [6.07, 6.45) is 0.288. The summed E-state index contributed by atoms with van der Waals surface area (Å²) in [4.78, 5) is 15.6. The predicted octanol–water partition coefficient (Wildman–Crippen LogP) is 2.53. The van der Waals surface area contributed by atoms with E-state index in [1.54, 1.807) is 0 Å². The van der Waals surface area contributed by atoms with Crippen molar-refractivity contribution in [2.75, 3.05) is 6.54 Å². The Morgan fingerprint density at radius 1 is 1.44 bits per heavy atom. The highest BCUT2D eigenvalue weighted by molar-refractivity contribution is 6.33. The van der Waals surface area contributed by atoms with Gasteiger partial charge < -0.3 is 10.4 Å². The van der Waals surface area contributed by atoms with Crippen LogP contribution in [0.4, 0.5) is 0 Å². The van der Waals surface area contributed by atoms with Gasteiger partial charge in [-0.15, -0.1) is 0 Å². The molecule has 0 bridgehead atoms. The number of aromatic nitrogens is 1. The zero-order chi connectivity index (χ0) is 13.7. The van der Waals surface area contributed by atoms with E-state index in [0.29, 0.717) is 5.56 Å². The quantitative estimate of drug-likeness (QED) is 0.819. The fraction of sp³-hybridized carbons (Fsp3) is 0.500. The first-order valence-electron chi connectivity index (χ1n) is 5.73. The van der Waals surface area contributed by atoms with Gasteiger partial charge in [0.15, 0.2) is 0 Å². The number of nitrogens with zero attached hydrogens (tertiary/aromatic N) is 1. The standard InChI is InChI=1S/C12H16Cl2N2O2/c1-3-7(2)9(17)6-15-12(18)8-4-10(13)16-11(14)5-8/h4-5,7,9,17H,3,6H2,1-2H3,(H,15,18). The van der Waals surface area contributed by atoms with Crippen LogP contribution in [0.15, 0.2) is 12.1 Å².